The number of hydrogen-bond acceptors (Lipinski definition) is 4. The summed E-state index contributed by atoms with van der Waals surface area (Å²) in [6.07, 6.45) is 2.66. The zero-order valence-electron chi connectivity index (χ0n) is 12.1. The van der Waals surface area contributed by atoms with Crippen LogP contribution in [0.2, 0.25) is 0 Å². The van der Waals surface area contributed by atoms with Crippen LogP contribution in [-0.2, 0) is 14.3 Å². The van der Waals surface area contributed by atoms with Gasteiger partial charge in [-0.3, -0.25) is 0 Å². The van der Waals surface area contributed by atoms with Gasteiger partial charge in [0.2, 0.25) is 0 Å². The average Bonchev–Trinajstić information content (AvgIpc) is 2.25. The molecule has 4 heteroatoms. The first-order valence-corrected chi connectivity index (χ1v) is 6.62. The molecular formula is C14H27NO3. The van der Waals surface area contributed by atoms with Crippen LogP contribution in [0.1, 0.15) is 34.1 Å². The zero-order chi connectivity index (χ0) is 13.8. The van der Waals surface area contributed by atoms with Gasteiger partial charge in [-0.1, -0.05) is 19.4 Å². The second-order valence-corrected chi connectivity index (χ2v) is 4.93. The van der Waals surface area contributed by atoms with Crippen molar-refractivity contribution in [3.8, 4) is 0 Å². The molecule has 0 atom stereocenters. The number of ether oxygens (including phenoxy) is 2. The summed E-state index contributed by atoms with van der Waals surface area (Å²) in [6.45, 7) is 11.4. The lowest BCUT2D eigenvalue weighted by molar-refractivity contribution is -0.139. The third-order valence-electron chi connectivity index (χ3n) is 2.20. The van der Waals surface area contributed by atoms with E-state index in [1.165, 1.54) is 12.5 Å². The fourth-order valence-electron chi connectivity index (χ4n) is 1.24. The van der Waals surface area contributed by atoms with E-state index in [-0.39, 0.29) is 5.97 Å². The Morgan fingerprint density at radius 2 is 1.89 bits per heavy atom. The minimum absolute atomic E-state index is 0.298. The molecule has 1 N–H and O–H groups in total. The predicted octanol–water partition coefficient (Wildman–Crippen LogP) is 2.15. The van der Waals surface area contributed by atoms with Crippen molar-refractivity contribution in [2.75, 3.05) is 32.9 Å². The number of nitrogens with one attached hydrogen (secondary N) is 1. The van der Waals surface area contributed by atoms with Gasteiger partial charge in [0.1, 0.15) is 6.61 Å². The van der Waals surface area contributed by atoms with Crippen molar-refractivity contribution >= 4 is 5.97 Å². The molecule has 0 aliphatic heterocycles. The summed E-state index contributed by atoms with van der Waals surface area (Å²) in [7, 11) is 0. The van der Waals surface area contributed by atoms with E-state index in [4.69, 9.17) is 9.47 Å². The van der Waals surface area contributed by atoms with Gasteiger partial charge in [-0.05, 0) is 32.7 Å². The molecule has 0 aromatic heterocycles. The lowest BCUT2D eigenvalue weighted by Crippen LogP contribution is -2.22. The topological polar surface area (TPSA) is 47.6 Å². The largest absolute Gasteiger partial charge is 0.460 e. The van der Waals surface area contributed by atoms with Gasteiger partial charge in [0.05, 0.1) is 13.2 Å². The van der Waals surface area contributed by atoms with Crippen molar-refractivity contribution in [1.29, 1.82) is 0 Å². The molecule has 0 heterocycles. The molecule has 0 unspecified atom stereocenters. The van der Waals surface area contributed by atoms with Crippen LogP contribution in [0.4, 0.5) is 0 Å². The van der Waals surface area contributed by atoms with Gasteiger partial charge in [0.15, 0.2) is 0 Å². The SMILES string of the molecule is CC(C)=CC(=O)OCCOCCNCCC(C)C. The summed E-state index contributed by atoms with van der Waals surface area (Å²) in [4.78, 5) is 11.1. The van der Waals surface area contributed by atoms with Crippen LogP contribution in [0.15, 0.2) is 11.6 Å². The minimum Gasteiger partial charge on any atom is -0.460 e. The van der Waals surface area contributed by atoms with E-state index in [9.17, 15) is 4.79 Å². The van der Waals surface area contributed by atoms with E-state index in [2.05, 4.69) is 19.2 Å². The number of allylic oxidation sites excluding steroid dienone is 1. The van der Waals surface area contributed by atoms with Crippen molar-refractivity contribution in [2.24, 2.45) is 5.92 Å². The monoisotopic (exact) mass is 257 g/mol. The summed E-state index contributed by atoms with van der Waals surface area (Å²) in [5.41, 5.74) is 0.940. The Balaban J connectivity index is 3.21. The second-order valence-electron chi connectivity index (χ2n) is 4.93. The van der Waals surface area contributed by atoms with Gasteiger partial charge >= 0.3 is 5.97 Å². The fourth-order valence-corrected chi connectivity index (χ4v) is 1.24. The summed E-state index contributed by atoms with van der Waals surface area (Å²) in [6, 6.07) is 0. The molecule has 0 fully saturated rings. The maximum Gasteiger partial charge on any atom is 0.330 e. The van der Waals surface area contributed by atoms with E-state index in [0.717, 1.165) is 24.6 Å². The molecule has 4 nitrogen and oxygen atoms in total. The molecular weight excluding hydrogens is 230 g/mol. The molecule has 0 spiro atoms. The molecule has 18 heavy (non-hydrogen) atoms. The van der Waals surface area contributed by atoms with E-state index in [1.807, 2.05) is 13.8 Å². The highest BCUT2D eigenvalue weighted by Crippen LogP contribution is 1.95. The van der Waals surface area contributed by atoms with Crippen LogP contribution < -0.4 is 5.32 Å². The molecule has 0 aliphatic rings. The highest BCUT2D eigenvalue weighted by molar-refractivity contribution is 5.82. The molecule has 0 amide bonds. The third kappa shape index (κ3) is 13.2. The van der Waals surface area contributed by atoms with Crippen LogP contribution in [0.25, 0.3) is 0 Å². The van der Waals surface area contributed by atoms with Gasteiger partial charge in [0, 0.05) is 12.6 Å². The molecule has 106 valence electrons. The summed E-state index contributed by atoms with van der Waals surface area (Å²) in [5, 5.41) is 3.30. The number of rotatable bonds is 10. The molecule has 0 saturated heterocycles. The Bertz CT molecular complexity index is 245. The third-order valence-corrected chi connectivity index (χ3v) is 2.20. The molecule has 0 aromatic carbocycles. The smallest absolute Gasteiger partial charge is 0.330 e. The van der Waals surface area contributed by atoms with Crippen LogP contribution in [0.3, 0.4) is 0 Å². The predicted molar refractivity (Wildman–Crippen MR) is 73.5 cm³/mol. The van der Waals surface area contributed by atoms with Crippen molar-refractivity contribution < 1.29 is 14.3 Å². The quantitative estimate of drug-likeness (QED) is 0.370. The maximum atomic E-state index is 11.1. The number of hydrogen-bond donors (Lipinski definition) is 1. The Hall–Kier alpha value is -0.870. The zero-order valence-corrected chi connectivity index (χ0v) is 12.1. The van der Waals surface area contributed by atoms with E-state index < -0.39 is 0 Å². The van der Waals surface area contributed by atoms with Crippen LogP contribution >= 0.6 is 0 Å². The first-order valence-electron chi connectivity index (χ1n) is 6.62. The van der Waals surface area contributed by atoms with Crippen LogP contribution in [-0.4, -0.2) is 38.9 Å². The number of carbonyl (C=O) groups excluding carboxylic acids is 1. The first-order chi connectivity index (χ1) is 8.52. The summed E-state index contributed by atoms with van der Waals surface area (Å²) in [5.74, 6) is 0.432. The lowest BCUT2D eigenvalue weighted by Gasteiger charge is -2.07. The number of carbonyl (C=O) groups is 1. The van der Waals surface area contributed by atoms with Gasteiger partial charge in [0.25, 0.3) is 0 Å². The fraction of sp³-hybridized carbons (Fsp3) is 0.786. The van der Waals surface area contributed by atoms with Gasteiger partial charge in [-0.2, -0.15) is 0 Å². The van der Waals surface area contributed by atoms with E-state index in [1.54, 1.807) is 0 Å². The first kappa shape index (κ1) is 17.1. The van der Waals surface area contributed by atoms with Gasteiger partial charge in [-0.15, -0.1) is 0 Å². The van der Waals surface area contributed by atoms with Gasteiger partial charge in [-0.25, -0.2) is 4.79 Å². The molecule has 0 radical (unpaired) electrons. The van der Waals surface area contributed by atoms with Crippen molar-refractivity contribution in [2.45, 2.75) is 34.1 Å². The number of esters is 1. The Labute approximate surface area is 111 Å². The highest BCUT2D eigenvalue weighted by atomic mass is 16.6. The Morgan fingerprint density at radius 3 is 2.50 bits per heavy atom. The van der Waals surface area contributed by atoms with Crippen molar-refractivity contribution in [3.63, 3.8) is 0 Å². The van der Waals surface area contributed by atoms with Crippen molar-refractivity contribution in [1.82, 2.24) is 5.32 Å². The molecule has 0 saturated carbocycles. The average molecular weight is 257 g/mol. The van der Waals surface area contributed by atoms with E-state index >= 15 is 0 Å². The second kappa shape index (κ2) is 11.2. The summed E-state index contributed by atoms with van der Waals surface area (Å²) >= 11 is 0. The molecule has 0 aliphatic carbocycles. The molecule has 0 aromatic rings. The highest BCUT2D eigenvalue weighted by Gasteiger charge is 1.97. The van der Waals surface area contributed by atoms with Gasteiger partial charge < -0.3 is 14.8 Å². The molecule has 0 bridgehead atoms. The van der Waals surface area contributed by atoms with Crippen molar-refractivity contribution in [3.05, 3.63) is 11.6 Å². The van der Waals surface area contributed by atoms with E-state index in [0.29, 0.717) is 19.8 Å². The Kier molecular flexibility index (Phi) is 10.7. The van der Waals surface area contributed by atoms with Crippen LogP contribution in [0.5, 0.6) is 0 Å². The Morgan fingerprint density at radius 1 is 1.17 bits per heavy atom. The lowest BCUT2D eigenvalue weighted by atomic mass is 10.1. The van der Waals surface area contributed by atoms with Crippen LogP contribution in [0, 0.1) is 5.92 Å². The maximum absolute atomic E-state index is 11.1. The summed E-state index contributed by atoms with van der Waals surface area (Å²) < 4.78 is 10.3. The normalized spacial score (nSPS) is 10.5. The standard InChI is InChI=1S/C14H27NO3/c1-12(2)5-6-15-7-8-17-9-10-18-14(16)11-13(3)4/h11-12,15H,5-10H2,1-4H3. The minimum atomic E-state index is -0.298. The molecule has 0 rings (SSSR count).